The Labute approximate surface area is 116 Å². The van der Waals surface area contributed by atoms with Crippen molar-refractivity contribution in [2.24, 2.45) is 0 Å². The highest BCUT2D eigenvalue weighted by Gasteiger charge is 2.11. The molecule has 0 aliphatic rings. The van der Waals surface area contributed by atoms with Gasteiger partial charge in [-0.3, -0.25) is 0 Å². The quantitative estimate of drug-likeness (QED) is 0.852. The number of aryl methyl sites for hydroxylation is 1. The SMILES string of the molecule is Cc1nc(Cl)nc(Oc2ccc(F)c(Br)c2)c1N. The maximum atomic E-state index is 13.1. The zero-order valence-electron chi connectivity index (χ0n) is 9.25. The fourth-order valence-corrected chi connectivity index (χ4v) is 1.81. The number of halogens is 3. The number of benzene rings is 1. The van der Waals surface area contributed by atoms with Gasteiger partial charge in [0.25, 0.3) is 0 Å². The Morgan fingerprint density at radius 2 is 2.11 bits per heavy atom. The topological polar surface area (TPSA) is 61.0 Å². The molecule has 0 fully saturated rings. The van der Waals surface area contributed by atoms with Gasteiger partial charge in [0, 0.05) is 0 Å². The lowest BCUT2D eigenvalue weighted by Gasteiger charge is -2.09. The first-order valence-electron chi connectivity index (χ1n) is 4.90. The highest BCUT2D eigenvalue weighted by Crippen LogP contribution is 2.30. The summed E-state index contributed by atoms with van der Waals surface area (Å²) in [5.74, 6) is 0.155. The molecule has 7 heteroatoms. The minimum absolute atomic E-state index is 0.0397. The molecule has 1 aromatic carbocycles. The molecule has 0 radical (unpaired) electrons. The molecule has 0 amide bonds. The van der Waals surface area contributed by atoms with Crippen molar-refractivity contribution in [3.8, 4) is 11.6 Å². The van der Waals surface area contributed by atoms with Gasteiger partial charge in [0.05, 0.1) is 10.2 Å². The Bertz CT molecular complexity index is 609. The molecule has 2 rings (SSSR count). The van der Waals surface area contributed by atoms with Crippen molar-refractivity contribution >= 4 is 33.2 Å². The van der Waals surface area contributed by atoms with Crippen molar-refractivity contribution in [3.63, 3.8) is 0 Å². The zero-order chi connectivity index (χ0) is 13.3. The predicted octanol–water partition coefficient (Wildman–Crippen LogP) is 3.71. The van der Waals surface area contributed by atoms with Gasteiger partial charge in [-0.2, -0.15) is 4.98 Å². The summed E-state index contributed by atoms with van der Waals surface area (Å²) < 4.78 is 18.8. The Morgan fingerprint density at radius 3 is 2.78 bits per heavy atom. The van der Waals surface area contributed by atoms with Crippen LogP contribution in [0, 0.1) is 12.7 Å². The van der Waals surface area contributed by atoms with Crippen LogP contribution in [0.2, 0.25) is 5.28 Å². The molecule has 0 aliphatic carbocycles. The Morgan fingerprint density at radius 1 is 1.39 bits per heavy atom. The molecule has 18 heavy (non-hydrogen) atoms. The van der Waals surface area contributed by atoms with Gasteiger partial charge < -0.3 is 10.5 Å². The van der Waals surface area contributed by atoms with Crippen LogP contribution < -0.4 is 10.5 Å². The third-order valence-electron chi connectivity index (χ3n) is 2.18. The molecule has 1 heterocycles. The van der Waals surface area contributed by atoms with Crippen LogP contribution >= 0.6 is 27.5 Å². The zero-order valence-corrected chi connectivity index (χ0v) is 11.6. The molecule has 4 nitrogen and oxygen atoms in total. The fraction of sp³-hybridized carbons (Fsp3) is 0.0909. The minimum atomic E-state index is -0.382. The molecule has 2 N–H and O–H groups in total. The van der Waals surface area contributed by atoms with Crippen LogP contribution in [0.1, 0.15) is 5.69 Å². The number of aromatic nitrogens is 2. The number of nitrogen functional groups attached to an aromatic ring is 1. The molecule has 0 saturated heterocycles. The van der Waals surface area contributed by atoms with Crippen LogP contribution in [0.4, 0.5) is 10.1 Å². The van der Waals surface area contributed by atoms with Crippen molar-refractivity contribution in [1.82, 2.24) is 9.97 Å². The highest BCUT2D eigenvalue weighted by molar-refractivity contribution is 9.10. The van der Waals surface area contributed by atoms with Crippen molar-refractivity contribution < 1.29 is 9.13 Å². The van der Waals surface area contributed by atoms with E-state index in [0.717, 1.165) is 0 Å². The smallest absolute Gasteiger partial charge is 0.247 e. The second kappa shape index (κ2) is 5.07. The summed E-state index contributed by atoms with van der Waals surface area (Å²) in [6.45, 7) is 1.69. The van der Waals surface area contributed by atoms with Gasteiger partial charge >= 0.3 is 0 Å². The van der Waals surface area contributed by atoms with Crippen LogP contribution in [0.15, 0.2) is 22.7 Å². The van der Waals surface area contributed by atoms with Gasteiger partial charge in [-0.15, -0.1) is 0 Å². The van der Waals surface area contributed by atoms with Gasteiger partial charge in [-0.1, -0.05) is 0 Å². The summed E-state index contributed by atoms with van der Waals surface area (Å²) in [6, 6.07) is 4.20. The average Bonchev–Trinajstić information content (AvgIpc) is 2.30. The van der Waals surface area contributed by atoms with E-state index in [1.54, 1.807) is 6.92 Å². The van der Waals surface area contributed by atoms with E-state index in [2.05, 4.69) is 25.9 Å². The number of hydrogen-bond acceptors (Lipinski definition) is 4. The van der Waals surface area contributed by atoms with Gasteiger partial charge in [0.15, 0.2) is 0 Å². The van der Waals surface area contributed by atoms with Gasteiger partial charge in [-0.25, -0.2) is 9.37 Å². The van der Waals surface area contributed by atoms with E-state index in [1.165, 1.54) is 18.2 Å². The number of nitrogens with zero attached hydrogens (tertiary/aromatic N) is 2. The summed E-state index contributed by atoms with van der Waals surface area (Å²) in [5.41, 5.74) is 6.58. The van der Waals surface area contributed by atoms with Gasteiger partial charge in [-0.05, 0) is 52.7 Å². The standard InChI is InChI=1S/C11H8BrClFN3O/c1-5-9(15)10(17-11(13)16-5)18-6-2-3-8(14)7(12)4-6/h2-4H,15H2,1H3. The molecule has 0 spiro atoms. The summed E-state index contributed by atoms with van der Waals surface area (Å²) in [7, 11) is 0. The number of hydrogen-bond donors (Lipinski definition) is 1. The van der Waals surface area contributed by atoms with Crippen LogP contribution in [0.3, 0.4) is 0 Å². The summed E-state index contributed by atoms with van der Waals surface area (Å²) in [4.78, 5) is 7.77. The third kappa shape index (κ3) is 2.70. The first-order valence-corrected chi connectivity index (χ1v) is 6.07. The Hall–Kier alpha value is -1.40. The van der Waals surface area contributed by atoms with Crippen molar-refractivity contribution in [1.29, 1.82) is 0 Å². The second-order valence-electron chi connectivity index (χ2n) is 3.47. The first kappa shape index (κ1) is 13.0. The second-order valence-corrected chi connectivity index (χ2v) is 4.67. The average molecular weight is 333 g/mol. The van der Waals surface area contributed by atoms with Gasteiger partial charge in [0.1, 0.15) is 17.3 Å². The van der Waals surface area contributed by atoms with E-state index in [1.807, 2.05) is 0 Å². The Kier molecular flexibility index (Phi) is 3.68. The fourth-order valence-electron chi connectivity index (χ4n) is 1.25. The van der Waals surface area contributed by atoms with E-state index in [9.17, 15) is 4.39 Å². The lowest BCUT2D eigenvalue weighted by Crippen LogP contribution is -2.01. The van der Waals surface area contributed by atoms with Crippen LogP contribution in [-0.4, -0.2) is 9.97 Å². The van der Waals surface area contributed by atoms with E-state index in [-0.39, 0.29) is 21.5 Å². The number of ether oxygens (including phenoxy) is 1. The number of nitrogens with two attached hydrogens (primary N) is 1. The van der Waals surface area contributed by atoms with Crippen LogP contribution in [-0.2, 0) is 0 Å². The number of anilines is 1. The molecule has 1 aromatic heterocycles. The van der Waals surface area contributed by atoms with Crippen LogP contribution in [0.25, 0.3) is 0 Å². The van der Waals surface area contributed by atoms with Crippen molar-refractivity contribution in [3.05, 3.63) is 39.5 Å². The molecular formula is C11H8BrClFN3O. The molecule has 0 bridgehead atoms. The molecule has 0 aliphatic heterocycles. The lowest BCUT2D eigenvalue weighted by molar-refractivity contribution is 0.461. The minimum Gasteiger partial charge on any atom is -0.437 e. The summed E-state index contributed by atoms with van der Waals surface area (Å²) in [5, 5.41) is 0.0397. The van der Waals surface area contributed by atoms with Crippen molar-refractivity contribution in [2.45, 2.75) is 6.92 Å². The van der Waals surface area contributed by atoms with E-state index in [4.69, 9.17) is 22.1 Å². The molecule has 94 valence electrons. The number of rotatable bonds is 2. The van der Waals surface area contributed by atoms with Crippen LogP contribution in [0.5, 0.6) is 11.6 Å². The summed E-state index contributed by atoms with van der Waals surface area (Å²) in [6.07, 6.45) is 0. The Balaban J connectivity index is 2.36. The van der Waals surface area contributed by atoms with E-state index >= 15 is 0 Å². The summed E-state index contributed by atoms with van der Waals surface area (Å²) >= 11 is 8.78. The van der Waals surface area contributed by atoms with Gasteiger partial charge in [0.2, 0.25) is 11.2 Å². The van der Waals surface area contributed by atoms with Crippen molar-refractivity contribution in [2.75, 3.05) is 5.73 Å². The molecule has 0 atom stereocenters. The van der Waals surface area contributed by atoms with E-state index < -0.39 is 0 Å². The lowest BCUT2D eigenvalue weighted by atomic mass is 10.3. The monoisotopic (exact) mass is 331 g/mol. The largest absolute Gasteiger partial charge is 0.437 e. The molecule has 0 unspecified atom stereocenters. The normalized spacial score (nSPS) is 10.4. The molecule has 2 aromatic rings. The predicted molar refractivity (Wildman–Crippen MR) is 70.4 cm³/mol. The highest BCUT2D eigenvalue weighted by atomic mass is 79.9. The molecular weight excluding hydrogens is 324 g/mol. The molecule has 0 saturated carbocycles. The third-order valence-corrected chi connectivity index (χ3v) is 2.96. The maximum absolute atomic E-state index is 13.1. The van der Waals surface area contributed by atoms with E-state index in [0.29, 0.717) is 17.1 Å². The first-order chi connectivity index (χ1) is 8.47. The maximum Gasteiger partial charge on any atom is 0.247 e.